The molecule has 2 aliphatic rings. The Balaban J connectivity index is 2.01. The molecule has 0 spiro atoms. The molecule has 0 aliphatic carbocycles. The summed E-state index contributed by atoms with van der Waals surface area (Å²) >= 11 is 3.75. The highest BCUT2D eigenvalue weighted by atomic mass is 79.9. The van der Waals surface area contributed by atoms with E-state index in [1.165, 1.54) is 38.6 Å². The summed E-state index contributed by atoms with van der Waals surface area (Å²) in [5, 5.41) is 11.1. The molecule has 2 aliphatic heterocycles. The van der Waals surface area contributed by atoms with Crippen LogP contribution in [0.1, 0.15) is 23.2 Å². The highest BCUT2D eigenvalue weighted by molar-refractivity contribution is 9.10. The first-order chi connectivity index (χ1) is 9.66. The smallest absolute Gasteiger partial charge is 0.0651 e. The number of aryl methyl sites for hydroxylation is 2. The topological polar surface area (TPSA) is 34.4 Å². The van der Waals surface area contributed by atoms with E-state index < -0.39 is 0 Å². The number of hydrogen-bond donors (Lipinski definition) is 1. The van der Waals surface area contributed by atoms with Gasteiger partial charge in [0.1, 0.15) is 0 Å². The van der Waals surface area contributed by atoms with E-state index in [2.05, 4.69) is 39.6 Å². The number of aliphatic hydroxyl groups excluding tert-OH is 1. The van der Waals surface area contributed by atoms with E-state index in [4.69, 9.17) is 4.74 Å². The average Bonchev–Trinajstić information content (AvgIpc) is 2.66. The Hall–Kier alpha value is -0.840. The summed E-state index contributed by atoms with van der Waals surface area (Å²) < 4.78 is 8.99. The van der Waals surface area contributed by atoms with Crippen molar-refractivity contribution in [1.29, 1.82) is 0 Å². The van der Waals surface area contributed by atoms with E-state index >= 15 is 0 Å². The Morgan fingerprint density at radius 3 is 2.85 bits per heavy atom. The van der Waals surface area contributed by atoms with Gasteiger partial charge in [-0.05, 0) is 52.9 Å². The highest BCUT2D eigenvalue weighted by Gasteiger charge is 2.40. The molecule has 0 saturated carbocycles. The van der Waals surface area contributed by atoms with E-state index in [-0.39, 0.29) is 12.0 Å². The normalized spacial score (nSPS) is 20.1. The Labute approximate surface area is 126 Å². The molecule has 2 aromatic rings. The molecule has 4 rings (SSSR count). The molecule has 20 heavy (non-hydrogen) atoms. The van der Waals surface area contributed by atoms with Gasteiger partial charge in [-0.3, -0.25) is 0 Å². The number of hydrogen-bond acceptors (Lipinski definition) is 2. The Bertz CT molecular complexity index is 695. The Morgan fingerprint density at radius 2 is 2.20 bits per heavy atom. The molecule has 0 amide bonds. The molecule has 1 aromatic heterocycles. The molecule has 0 atom stereocenters. The third-order valence-electron chi connectivity index (χ3n) is 4.92. The minimum absolute atomic E-state index is 0.162. The van der Waals surface area contributed by atoms with Crippen LogP contribution in [0.25, 0.3) is 10.9 Å². The van der Waals surface area contributed by atoms with Gasteiger partial charge in [-0.2, -0.15) is 0 Å². The fourth-order valence-corrected chi connectivity index (χ4v) is 4.08. The number of rotatable bonds is 2. The van der Waals surface area contributed by atoms with Crippen LogP contribution in [0.5, 0.6) is 0 Å². The maximum atomic E-state index is 9.77. The number of aliphatic hydroxyl groups is 1. The van der Waals surface area contributed by atoms with Gasteiger partial charge in [-0.1, -0.05) is 6.07 Å². The summed E-state index contributed by atoms with van der Waals surface area (Å²) in [6, 6.07) is 4.54. The maximum Gasteiger partial charge on any atom is 0.0651 e. The second kappa shape index (κ2) is 4.33. The average molecular weight is 336 g/mol. The SMILES string of the molecule is Cc1c(Br)c2cc(C3(CO)COC3)cc3c2n1CCC3. The van der Waals surface area contributed by atoms with E-state index in [0.29, 0.717) is 13.2 Å². The predicted molar refractivity (Wildman–Crippen MR) is 82.3 cm³/mol. The van der Waals surface area contributed by atoms with E-state index in [9.17, 15) is 5.11 Å². The van der Waals surface area contributed by atoms with Crippen molar-refractivity contribution < 1.29 is 9.84 Å². The molecule has 1 fully saturated rings. The van der Waals surface area contributed by atoms with Crippen LogP contribution in [0.4, 0.5) is 0 Å². The van der Waals surface area contributed by atoms with Gasteiger partial charge in [-0.25, -0.2) is 0 Å². The molecule has 3 nitrogen and oxygen atoms in total. The third kappa shape index (κ3) is 1.53. The van der Waals surface area contributed by atoms with Crippen LogP contribution in [0.2, 0.25) is 0 Å². The largest absolute Gasteiger partial charge is 0.395 e. The Kier molecular flexibility index (Phi) is 2.78. The molecule has 1 N–H and O–H groups in total. The summed E-state index contributed by atoms with van der Waals surface area (Å²) in [6.45, 7) is 4.70. The molecule has 1 aromatic carbocycles. The molecular weight excluding hydrogens is 318 g/mol. The zero-order chi connectivity index (χ0) is 13.9. The van der Waals surface area contributed by atoms with Crippen LogP contribution in [0.15, 0.2) is 16.6 Å². The first-order valence-electron chi connectivity index (χ1n) is 7.16. The van der Waals surface area contributed by atoms with Gasteiger partial charge in [-0.15, -0.1) is 0 Å². The minimum Gasteiger partial charge on any atom is -0.395 e. The fraction of sp³-hybridized carbons (Fsp3) is 0.500. The number of aromatic nitrogens is 1. The van der Waals surface area contributed by atoms with Crippen molar-refractivity contribution in [2.45, 2.75) is 31.7 Å². The van der Waals surface area contributed by atoms with Gasteiger partial charge in [0, 0.05) is 22.1 Å². The minimum atomic E-state index is -0.183. The van der Waals surface area contributed by atoms with Crippen molar-refractivity contribution >= 4 is 26.8 Å². The summed E-state index contributed by atoms with van der Waals surface area (Å²) in [5.74, 6) is 0. The van der Waals surface area contributed by atoms with Gasteiger partial charge >= 0.3 is 0 Å². The lowest BCUT2D eigenvalue weighted by Gasteiger charge is -2.40. The summed E-state index contributed by atoms with van der Waals surface area (Å²) in [5.41, 5.74) is 5.14. The van der Waals surface area contributed by atoms with Crippen LogP contribution < -0.4 is 0 Å². The van der Waals surface area contributed by atoms with E-state index in [1.807, 2.05) is 0 Å². The van der Waals surface area contributed by atoms with Gasteiger partial charge in [0.2, 0.25) is 0 Å². The summed E-state index contributed by atoms with van der Waals surface area (Å²) in [4.78, 5) is 0. The first kappa shape index (κ1) is 12.9. The summed E-state index contributed by atoms with van der Waals surface area (Å²) in [6.07, 6.45) is 2.32. The Morgan fingerprint density at radius 1 is 1.40 bits per heavy atom. The quantitative estimate of drug-likeness (QED) is 0.915. The van der Waals surface area contributed by atoms with Crippen LogP contribution >= 0.6 is 15.9 Å². The molecule has 0 radical (unpaired) electrons. The predicted octanol–water partition coefficient (Wildman–Crippen LogP) is 2.92. The zero-order valence-electron chi connectivity index (χ0n) is 11.6. The molecule has 0 bridgehead atoms. The van der Waals surface area contributed by atoms with Gasteiger partial charge in [0.05, 0.1) is 30.8 Å². The van der Waals surface area contributed by atoms with Crippen molar-refractivity contribution in [3.05, 3.63) is 33.4 Å². The van der Waals surface area contributed by atoms with Crippen molar-refractivity contribution in [3.63, 3.8) is 0 Å². The van der Waals surface area contributed by atoms with Gasteiger partial charge < -0.3 is 14.4 Å². The standard InChI is InChI=1S/C16H18BrNO2/c1-10-14(17)13-6-12(16(7-19)8-20-9-16)5-11-3-2-4-18(10)15(11)13/h5-6,19H,2-4,7-9H2,1H3. The van der Waals surface area contributed by atoms with Crippen LogP contribution in [-0.2, 0) is 23.1 Å². The lowest BCUT2D eigenvalue weighted by molar-refractivity contribution is -0.0841. The van der Waals surface area contributed by atoms with Crippen LogP contribution in [0, 0.1) is 6.92 Å². The van der Waals surface area contributed by atoms with Crippen molar-refractivity contribution in [2.24, 2.45) is 0 Å². The highest BCUT2D eigenvalue weighted by Crippen LogP contribution is 2.41. The van der Waals surface area contributed by atoms with Crippen molar-refractivity contribution in [1.82, 2.24) is 4.57 Å². The van der Waals surface area contributed by atoms with Crippen LogP contribution in [-0.4, -0.2) is 29.5 Å². The molecule has 3 heterocycles. The fourth-order valence-electron chi connectivity index (χ4n) is 3.56. The lowest BCUT2D eigenvalue weighted by atomic mass is 9.78. The summed E-state index contributed by atoms with van der Waals surface area (Å²) in [7, 11) is 0. The van der Waals surface area contributed by atoms with Crippen LogP contribution in [0.3, 0.4) is 0 Å². The number of nitrogens with zero attached hydrogens (tertiary/aromatic N) is 1. The lowest BCUT2D eigenvalue weighted by Crippen LogP contribution is -2.49. The first-order valence-corrected chi connectivity index (χ1v) is 7.96. The third-order valence-corrected chi connectivity index (χ3v) is 5.92. The molecule has 1 saturated heterocycles. The molecular formula is C16H18BrNO2. The van der Waals surface area contributed by atoms with Gasteiger partial charge in [0.25, 0.3) is 0 Å². The molecule has 106 valence electrons. The second-order valence-corrected chi connectivity index (χ2v) is 6.91. The van der Waals surface area contributed by atoms with Crippen molar-refractivity contribution in [2.75, 3.05) is 19.8 Å². The number of benzene rings is 1. The maximum absolute atomic E-state index is 9.77. The number of halogens is 1. The molecule has 0 unspecified atom stereocenters. The van der Waals surface area contributed by atoms with Crippen molar-refractivity contribution in [3.8, 4) is 0 Å². The number of ether oxygens (including phenoxy) is 1. The zero-order valence-corrected chi connectivity index (χ0v) is 13.2. The molecule has 4 heteroatoms. The van der Waals surface area contributed by atoms with Gasteiger partial charge in [0.15, 0.2) is 0 Å². The second-order valence-electron chi connectivity index (χ2n) is 6.12. The monoisotopic (exact) mass is 335 g/mol. The van der Waals surface area contributed by atoms with E-state index in [0.717, 1.165) is 13.0 Å². The van der Waals surface area contributed by atoms with E-state index in [1.54, 1.807) is 0 Å².